The van der Waals surface area contributed by atoms with Crippen LogP contribution in [0.5, 0.6) is 0 Å². The molecule has 2 rings (SSSR count). The molecule has 0 saturated heterocycles. The number of carbonyl (C=O) groups excluding carboxylic acids is 1. The Kier molecular flexibility index (Phi) is 5.02. The molecule has 1 amide bonds. The lowest BCUT2D eigenvalue weighted by Gasteiger charge is -2.28. The maximum absolute atomic E-state index is 12.5. The minimum Gasteiger partial charge on any atom is -0.361 e. The van der Waals surface area contributed by atoms with Gasteiger partial charge in [0.25, 0.3) is 0 Å². The van der Waals surface area contributed by atoms with E-state index in [0.29, 0.717) is 6.42 Å². The molecule has 0 bridgehead atoms. The molecule has 1 aromatic carbocycles. The van der Waals surface area contributed by atoms with Gasteiger partial charge in [0.15, 0.2) is 0 Å². The molecule has 21 heavy (non-hydrogen) atoms. The van der Waals surface area contributed by atoms with Gasteiger partial charge in [-0.1, -0.05) is 32.0 Å². The van der Waals surface area contributed by atoms with Crippen molar-refractivity contribution in [1.29, 1.82) is 0 Å². The van der Waals surface area contributed by atoms with Gasteiger partial charge in [0.05, 0.1) is 6.04 Å². The fourth-order valence-electron chi connectivity index (χ4n) is 2.90. The third-order valence-electron chi connectivity index (χ3n) is 4.27. The summed E-state index contributed by atoms with van der Waals surface area (Å²) in [4.78, 5) is 17.5. The lowest BCUT2D eigenvalue weighted by molar-refractivity contribution is -0.133. The second-order valence-corrected chi connectivity index (χ2v) is 5.59. The van der Waals surface area contributed by atoms with Crippen LogP contribution in [0.4, 0.5) is 0 Å². The average Bonchev–Trinajstić information content (AvgIpc) is 2.91. The summed E-state index contributed by atoms with van der Waals surface area (Å²) in [7, 11) is 1.86. The Bertz CT molecular complexity index is 601. The molecule has 0 aliphatic rings. The van der Waals surface area contributed by atoms with E-state index in [-0.39, 0.29) is 11.9 Å². The largest absolute Gasteiger partial charge is 0.361 e. The second kappa shape index (κ2) is 6.76. The third kappa shape index (κ3) is 3.27. The number of hydrogen-bond donors (Lipinski definition) is 2. The summed E-state index contributed by atoms with van der Waals surface area (Å²) in [6, 6.07) is 7.87. The van der Waals surface area contributed by atoms with Crippen LogP contribution < -0.4 is 5.73 Å². The van der Waals surface area contributed by atoms with Crippen molar-refractivity contribution in [3.8, 4) is 0 Å². The zero-order chi connectivity index (χ0) is 15.4. The number of carbonyl (C=O) groups is 1. The van der Waals surface area contributed by atoms with E-state index in [1.165, 1.54) is 0 Å². The first kappa shape index (κ1) is 15.6. The Labute approximate surface area is 126 Å². The van der Waals surface area contributed by atoms with Crippen LogP contribution in [0.2, 0.25) is 0 Å². The van der Waals surface area contributed by atoms with Crippen LogP contribution in [0, 0.1) is 0 Å². The van der Waals surface area contributed by atoms with Gasteiger partial charge in [-0.3, -0.25) is 4.79 Å². The Balaban J connectivity index is 2.10. The Morgan fingerprint density at radius 1 is 1.29 bits per heavy atom. The number of nitrogens with two attached hydrogens (primary N) is 1. The van der Waals surface area contributed by atoms with Crippen molar-refractivity contribution in [1.82, 2.24) is 9.88 Å². The summed E-state index contributed by atoms with van der Waals surface area (Å²) in [6.45, 7) is 4.20. The molecule has 0 aliphatic carbocycles. The average molecular weight is 287 g/mol. The number of H-pyrrole nitrogens is 1. The van der Waals surface area contributed by atoms with Crippen molar-refractivity contribution in [3.63, 3.8) is 0 Å². The molecular weight excluding hydrogens is 262 g/mol. The molecule has 0 aliphatic heterocycles. The van der Waals surface area contributed by atoms with Crippen molar-refractivity contribution in [2.24, 2.45) is 5.73 Å². The summed E-state index contributed by atoms with van der Waals surface area (Å²) < 4.78 is 0. The van der Waals surface area contributed by atoms with Gasteiger partial charge in [0.2, 0.25) is 5.91 Å². The predicted octanol–water partition coefficient (Wildman–Crippen LogP) is 2.68. The monoisotopic (exact) mass is 287 g/mol. The highest BCUT2D eigenvalue weighted by Crippen LogP contribution is 2.19. The third-order valence-corrected chi connectivity index (χ3v) is 4.27. The number of nitrogens with one attached hydrogen (secondary N) is 1. The van der Waals surface area contributed by atoms with E-state index in [0.717, 1.165) is 29.3 Å². The molecule has 3 N–H and O–H groups in total. The molecule has 4 nitrogen and oxygen atoms in total. The number of benzene rings is 1. The minimum atomic E-state index is -0.491. The fourth-order valence-corrected chi connectivity index (χ4v) is 2.90. The summed E-state index contributed by atoms with van der Waals surface area (Å²) in [5.41, 5.74) is 8.33. The van der Waals surface area contributed by atoms with Crippen molar-refractivity contribution in [2.75, 3.05) is 7.05 Å². The lowest BCUT2D eigenvalue weighted by Crippen LogP contribution is -2.47. The van der Waals surface area contributed by atoms with Crippen LogP contribution >= 0.6 is 0 Å². The number of hydrogen-bond acceptors (Lipinski definition) is 2. The number of aromatic nitrogens is 1. The highest BCUT2D eigenvalue weighted by molar-refractivity contribution is 5.86. The van der Waals surface area contributed by atoms with E-state index >= 15 is 0 Å². The van der Waals surface area contributed by atoms with E-state index in [4.69, 9.17) is 5.73 Å². The molecule has 1 unspecified atom stereocenters. The highest BCUT2D eigenvalue weighted by atomic mass is 16.2. The molecule has 4 heteroatoms. The molecular formula is C17H25N3O. The zero-order valence-electron chi connectivity index (χ0n) is 13.1. The highest BCUT2D eigenvalue weighted by Gasteiger charge is 2.23. The molecule has 2 aromatic rings. The van der Waals surface area contributed by atoms with Crippen molar-refractivity contribution in [3.05, 3.63) is 36.0 Å². The molecule has 1 heterocycles. The van der Waals surface area contributed by atoms with E-state index in [1.807, 2.05) is 31.4 Å². The predicted molar refractivity (Wildman–Crippen MR) is 87.1 cm³/mol. The van der Waals surface area contributed by atoms with E-state index in [2.05, 4.69) is 24.9 Å². The van der Waals surface area contributed by atoms with Gasteiger partial charge < -0.3 is 15.6 Å². The SMILES string of the molecule is CCC(CC)N(C)C(=O)C(N)Cc1c[nH]c2ccccc12. The van der Waals surface area contributed by atoms with Gasteiger partial charge in [-0.25, -0.2) is 0 Å². The number of nitrogens with zero attached hydrogens (tertiary/aromatic N) is 1. The van der Waals surface area contributed by atoms with E-state index in [9.17, 15) is 4.79 Å². The maximum atomic E-state index is 12.5. The summed E-state index contributed by atoms with van der Waals surface area (Å²) >= 11 is 0. The van der Waals surface area contributed by atoms with Gasteiger partial charge in [0, 0.05) is 30.2 Å². The van der Waals surface area contributed by atoms with Gasteiger partial charge in [-0.05, 0) is 30.9 Å². The fraction of sp³-hybridized carbons (Fsp3) is 0.471. The number of aromatic amines is 1. The molecule has 1 atom stereocenters. The second-order valence-electron chi connectivity index (χ2n) is 5.59. The topological polar surface area (TPSA) is 62.1 Å². The molecule has 0 radical (unpaired) electrons. The van der Waals surface area contributed by atoms with Crippen molar-refractivity contribution < 1.29 is 4.79 Å². The molecule has 114 valence electrons. The first-order chi connectivity index (χ1) is 10.1. The van der Waals surface area contributed by atoms with Crippen LogP contribution in [0.15, 0.2) is 30.5 Å². The number of fused-ring (bicyclic) bond motifs is 1. The van der Waals surface area contributed by atoms with Gasteiger partial charge >= 0.3 is 0 Å². The quantitative estimate of drug-likeness (QED) is 0.858. The summed E-state index contributed by atoms with van der Waals surface area (Å²) in [5, 5.41) is 1.14. The Morgan fingerprint density at radius 3 is 2.62 bits per heavy atom. The van der Waals surface area contributed by atoms with Gasteiger partial charge in [-0.2, -0.15) is 0 Å². The Hall–Kier alpha value is -1.81. The summed E-state index contributed by atoms with van der Waals surface area (Å²) in [6.07, 6.45) is 4.43. The van der Waals surface area contributed by atoms with E-state index in [1.54, 1.807) is 4.90 Å². The Morgan fingerprint density at radius 2 is 1.95 bits per heavy atom. The smallest absolute Gasteiger partial charge is 0.239 e. The van der Waals surface area contributed by atoms with Crippen LogP contribution in [0.25, 0.3) is 10.9 Å². The van der Waals surface area contributed by atoms with Crippen molar-refractivity contribution >= 4 is 16.8 Å². The lowest BCUT2D eigenvalue weighted by atomic mass is 10.0. The molecule has 1 aromatic heterocycles. The van der Waals surface area contributed by atoms with Crippen LogP contribution in [0.3, 0.4) is 0 Å². The standard InChI is InChI=1S/C17H25N3O/c1-4-13(5-2)20(3)17(21)15(18)10-12-11-19-16-9-7-6-8-14(12)16/h6-9,11,13,15,19H,4-5,10,18H2,1-3H3. The number of likely N-dealkylation sites (N-methyl/N-ethyl adjacent to an activating group) is 1. The maximum Gasteiger partial charge on any atom is 0.239 e. The first-order valence-electron chi connectivity index (χ1n) is 7.65. The van der Waals surface area contributed by atoms with Crippen molar-refractivity contribution in [2.45, 2.75) is 45.2 Å². The number of rotatable bonds is 6. The minimum absolute atomic E-state index is 0.0222. The van der Waals surface area contributed by atoms with Crippen LogP contribution in [-0.2, 0) is 11.2 Å². The van der Waals surface area contributed by atoms with Crippen LogP contribution in [-0.4, -0.2) is 34.9 Å². The molecule has 0 saturated carbocycles. The van der Waals surface area contributed by atoms with E-state index < -0.39 is 6.04 Å². The molecule has 0 fully saturated rings. The van der Waals surface area contributed by atoms with Crippen LogP contribution in [0.1, 0.15) is 32.3 Å². The first-order valence-corrected chi connectivity index (χ1v) is 7.65. The zero-order valence-corrected chi connectivity index (χ0v) is 13.1. The summed E-state index contributed by atoms with van der Waals surface area (Å²) in [5.74, 6) is 0.0222. The number of para-hydroxylation sites is 1. The van der Waals surface area contributed by atoms with Gasteiger partial charge in [0.1, 0.15) is 0 Å². The number of amides is 1. The normalized spacial score (nSPS) is 12.8. The molecule has 0 spiro atoms. The van der Waals surface area contributed by atoms with Gasteiger partial charge in [-0.15, -0.1) is 0 Å².